The molecule has 0 saturated heterocycles. The van der Waals surface area contributed by atoms with Crippen LogP contribution in [0.4, 0.5) is 0 Å². The number of carboxylic acids is 1. The lowest BCUT2D eigenvalue weighted by atomic mass is 10.3. The topological polar surface area (TPSA) is 69.6 Å². The highest BCUT2D eigenvalue weighted by Gasteiger charge is 2.20. The zero-order valence-electron chi connectivity index (χ0n) is 10.7. The van der Waals surface area contributed by atoms with Crippen molar-refractivity contribution in [1.29, 1.82) is 0 Å². The number of hydrogen-bond donors (Lipinski definition) is 2. The summed E-state index contributed by atoms with van der Waals surface area (Å²) in [6.07, 6.45) is 0.924. The van der Waals surface area contributed by atoms with E-state index in [1.165, 1.54) is 11.8 Å². The van der Waals surface area contributed by atoms with Gasteiger partial charge >= 0.3 is 5.97 Å². The van der Waals surface area contributed by atoms with Crippen molar-refractivity contribution in [1.82, 2.24) is 10.2 Å². The first-order chi connectivity index (χ1) is 7.97. The van der Waals surface area contributed by atoms with E-state index in [1.54, 1.807) is 0 Å². The van der Waals surface area contributed by atoms with Crippen LogP contribution in [0.3, 0.4) is 0 Å². The quantitative estimate of drug-likeness (QED) is 0.597. The molecule has 100 valence electrons. The maximum atomic E-state index is 11.5. The predicted molar refractivity (Wildman–Crippen MR) is 70.4 cm³/mol. The second kappa shape index (κ2) is 9.30. The molecule has 0 aliphatic carbocycles. The summed E-state index contributed by atoms with van der Waals surface area (Å²) in [6.45, 7) is 3.39. The van der Waals surface area contributed by atoms with Crippen LogP contribution in [0.15, 0.2) is 0 Å². The first-order valence-corrected chi connectivity index (χ1v) is 6.78. The summed E-state index contributed by atoms with van der Waals surface area (Å²) in [5, 5.41) is 11.0. The smallest absolute Gasteiger partial charge is 0.317 e. The van der Waals surface area contributed by atoms with Gasteiger partial charge in [0.15, 0.2) is 0 Å². The second-order valence-electron chi connectivity index (χ2n) is 3.99. The lowest BCUT2D eigenvalue weighted by molar-refractivity contribution is -0.138. The van der Waals surface area contributed by atoms with Gasteiger partial charge < -0.3 is 15.3 Å². The molecule has 0 rings (SSSR count). The largest absolute Gasteiger partial charge is 0.480 e. The summed E-state index contributed by atoms with van der Waals surface area (Å²) in [5.41, 5.74) is 0. The molecule has 0 spiro atoms. The van der Waals surface area contributed by atoms with Crippen molar-refractivity contribution in [3.63, 3.8) is 0 Å². The number of rotatable bonds is 9. The molecule has 0 bridgehead atoms. The molecule has 0 aliphatic rings. The van der Waals surface area contributed by atoms with Crippen LogP contribution in [0.5, 0.6) is 0 Å². The zero-order chi connectivity index (χ0) is 13.3. The van der Waals surface area contributed by atoms with E-state index in [4.69, 9.17) is 5.11 Å². The molecule has 1 unspecified atom stereocenters. The van der Waals surface area contributed by atoms with Gasteiger partial charge in [-0.25, -0.2) is 0 Å². The molecule has 0 radical (unpaired) electrons. The van der Waals surface area contributed by atoms with E-state index in [1.807, 2.05) is 25.9 Å². The molecule has 0 aromatic rings. The summed E-state index contributed by atoms with van der Waals surface area (Å²) < 4.78 is 0. The van der Waals surface area contributed by atoms with E-state index < -0.39 is 11.2 Å². The van der Waals surface area contributed by atoms with Crippen molar-refractivity contribution in [2.75, 3.05) is 32.9 Å². The van der Waals surface area contributed by atoms with Gasteiger partial charge in [-0.05, 0) is 32.8 Å². The first-order valence-electron chi connectivity index (χ1n) is 5.73. The van der Waals surface area contributed by atoms with Crippen LogP contribution in [-0.4, -0.2) is 60.1 Å². The number of nitrogens with zero attached hydrogens (tertiary/aromatic N) is 1. The number of amides is 1. The Kier molecular flexibility index (Phi) is 8.89. The molecule has 1 atom stereocenters. The van der Waals surface area contributed by atoms with Crippen LogP contribution in [-0.2, 0) is 9.59 Å². The summed E-state index contributed by atoms with van der Waals surface area (Å²) in [7, 11) is 3.94. The number of thioether (sulfide) groups is 1. The lowest BCUT2D eigenvalue weighted by Gasteiger charge is -2.12. The molecule has 1 amide bonds. The molecule has 17 heavy (non-hydrogen) atoms. The minimum absolute atomic E-state index is 0.0514. The summed E-state index contributed by atoms with van der Waals surface area (Å²) in [5.74, 6) is -0.400. The predicted octanol–water partition coefficient (Wildman–Crippen LogP) is 0.651. The van der Waals surface area contributed by atoms with Crippen LogP contribution in [0, 0.1) is 0 Å². The average Bonchev–Trinajstić information content (AvgIpc) is 2.23. The van der Waals surface area contributed by atoms with Gasteiger partial charge in [0.2, 0.25) is 5.91 Å². The number of hydrogen-bond acceptors (Lipinski definition) is 4. The maximum absolute atomic E-state index is 11.5. The van der Waals surface area contributed by atoms with Crippen LogP contribution >= 0.6 is 11.8 Å². The molecular formula is C11H22N2O3S. The van der Waals surface area contributed by atoms with E-state index in [0.29, 0.717) is 12.3 Å². The van der Waals surface area contributed by atoms with Gasteiger partial charge in [0.25, 0.3) is 0 Å². The number of aliphatic carboxylic acids is 1. The SMILES string of the molecule is CCSC(CC(=O)NCCCN(C)C)C(=O)O. The van der Waals surface area contributed by atoms with Crippen molar-refractivity contribution in [2.45, 2.75) is 25.0 Å². The van der Waals surface area contributed by atoms with Crippen molar-refractivity contribution in [3.8, 4) is 0 Å². The number of carbonyl (C=O) groups is 2. The highest BCUT2D eigenvalue weighted by Crippen LogP contribution is 2.14. The second-order valence-corrected chi connectivity index (χ2v) is 5.47. The standard InChI is InChI=1S/C11H22N2O3S/c1-4-17-9(11(15)16)8-10(14)12-6-5-7-13(2)3/h9H,4-8H2,1-3H3,(H,12,14)(H,15,16). The van der Waals surface area contributed by atoms with Crippen molar-refractivity contribution < 1.29 is 14.7 Å². The van der Waals surface area contributed by atoms with E-state index in [2.05, 4.69) is 5.32 Å². The zero-order valence-corrected chi connectivity index (χ0v) is 11.5. The molecular weight excluding hydrogens is 240 g/mol. The highest BCUT2D eigenvalue weighted by atomic mass is 32.2. The number of nitrogens with one attached hydrogen (secondary N) is 1. The third-order valence-electron chi connectivity index (χ3n) is 2.12. The van der Waals surface area contributed by atoms with Crippen LogP contribution < -0.4 is 5.32 Å². The number of carboxylic acid groups (broad SMARTS) is 1. The minimum Gasteiger partial charge on any atom is -0.480 e. The van der Waals surface area contributed by atoms with E-state index in [0.717, 1.165) is 13.0 Å². The van der Waals surface area contributed by atoms with E-state index in [9.17, 15) is 9.59 Å². The first kappa shape index (κ1) is 16.2. The van der Waals surface area contributed by atoms with Gasteiger partial charge in [0.05, 0.1) is 0 Å². The van der Waals surface area contributed by atoms with Gasteiger partial charge in [-0.15, -0.1) is 11.8 Å². The molecule has 6 heteroatoms. The van der Waals surface area contributed by atoms with Gasteiger partial charge in [-0.3, -0.25) is 9.59 Å². The van der Waals surface area contributed by atoms with Crippen LogP contribution in [0.25, 0.3) is 0 Å². The van der Waals surface area contributed by atoms with E-state index >= 15 is 0 Å². The highest BCUT2D eigenvalue weighted by molar-refractivity contribution is 8.00. The Morgan fingerprint density at radius 1 is 1.41 bits per heavy atom. The average molecular weight is 262 g/mol. The summed E-state index contributed by atoms with van der Waals surface area (Å²) >= 11 is 1.29. The van der Waals surface area contributed by atoms with Crippen LogP contribution in [0.2, 0.25) is 0 Å². The van der Waals surface area contributed by atoms with Gasteiger partial charge in [0.1, 0.15) is 5.25 Å². The van der Waals surface area contributed by atoms with Gasteiger partial charge in [0, 0.05) is 13.0 Å². The molecule has 0 saturated carbocycles. The fraction of sp³-hybridized carbons (Fsp3) is 0.818. The van der Waals surface area contributed by atoms with Crippen molar-refractivity contribution >= 4 is 23.6 Å². The van der Waals surface area contributed by atoms with Crippen LogP contribution in [0.1, 0.15) is 19.8 Å². The molecule has 0 aliphatic heterocycles. The van der Waals surface area contributed by atoms with E-state index in [-0.39, 0.29) is 12.3 Å². The summed E-state index contributed by atoms with van der Waals surface area (Å²) in [6, 6.07) is 0. The molecule has 5 nitrogen and oxygen atoms in total. The fourth-order valence-electron chi connectivity index (χ4n) is 1.28. The Balaban J connectivity index is 3.78. The third kappa shape index (κ3) is 9.00. The Bertz CT molecular complexity index is 247. The Hall–Kier alpha value is -0.750. The monoisotopic (exact) mass is 262 g/mol. The van der Waals surface area contributed by atoms with Gasteiger partial charge in [-0.2, -0.15) is 0 Å². The normalized spacial score (nSPS) is 12.5. The third-order valence-corrected chi connectivity index (χ3v) is 3.22. The Labute approximate surface area is 107 Å². The van der Waals surface area contributed by atoms with Crippen molar-refractivity contribution in [2.24, 2.45) is 0 Å². The van der Waals surface area contributed by atoms with Gasteiger partial charge in [-0.1, -0.05) is 6.92 Å². The Morgan fingerprint density at radius 3 is 2.53 bits per heavy atom. The number of carbonyl (C=O) groups excluding carboxylic acids is 1. The molecule has 0 fully saturated rings. The lowest BCUT2D eigenvalue weighted by Crippen LogP contribution is -2.31. The minimum atomic E-state index is -0.916. The van der Waals surface area contributed by atoms with Crippen molar-refractivity contribution in [3.05, 3.63) is 0 Å². The molecule has 0 heterocycles. The molecule has 0 aromatic heterocycles. The molecule has 0 aromatic carbocycles. The summed E-state index contributed by atoms with van der Waals surface area (Å²) in [4.78, 5) is 24.4. The fourth-order valence-corrected chi connectivity index (χ4v) is 2.10. The molecule has 2 N–H and O–H groups in total. The Morgan fingerprint density at radius 2 is 2.06 bits per heavy atom. The maximum Gasteiger partial charge on any atom is 0.317 e.